The van der Waals surface area contributed by atoms with Crippen molar-refractivity contribution in [2.75, 3.05) is 32.0 Å². The number of carbonyl (C=O) groups excluding carboxylic acids is 1. The molecule has 0 unspecified atom stereocenters. The first-order valence-corrected chi connectivity index (χ1v) is 10.4. The van der Waals surface area contributed by atoms with E-state index < -0.39 is 0 Å². The summed E-state index contributed by atoms with van der Waals surface area (Å²) in [5.41, 5.74) is 3.63. The summed E-state index contributed by atoms with van der Waals surface area (Å²) < 4.78 is 0. The lowest BCUT2D eigenvalue weighted by atomic mass is 9.88. The van der Waals surface area contributed by atoms with Crippen molar-refractivity contribution >= 4 is 22.9 Å². The fourth-order valence-corrected chi connectivity index (χ4v) is 3.91. The molecule has 154 valence electrons. The van der Waals surface area contributed by atoms with Gasteiger partial charge in [0.15, 0.2) is 0 Å². The highest BCUT2D eigenvalue weighted by Crippen LogP contribution is 2.33. The Morgan fingerprint density at radius 1 is 1.32 bits per heavy atom. The van der Waals surface area contributed by atoms with Gasteiger partial charge in [0.1, 0.15) is 5.82 Å². The zero-order chi connectivity index (χ0) is 20.5. The van der Waals surface area contributed by atoms with Crippen LogP contribution in [0.1, 0.15) is 58.9 Å². The number of pyridine rings is 1. The lowest BCUT2D eigenvalue weighted by molar-refractivity contribution is 0.154. The maximum atomic E-state index is 12.3. The molecule has 0 radical (unpaired) electrons. The van der Waals surface area contributed by atoms with E-state index in [0.29, 0.717) is 17.2 Å². The Balaban J connectivity index is 1.72. The number of fused-ring (bicyclic) bond motifs is 1. The first-order valence-electron chi connectivity index (χ1n) is 10.4. The quantitative estimate of drug-likeness (QED) is 0.804. The van der Waals surface area contributed by atoms with Gasteiger partial charge < -0.3 is 14.8 Å². The number of piperidine rings is 1. The third-order valence-electron chi connectivity index (χ3n) is 5.61. The summed E-state index contributed by atoms with van der Waals surface area (Å²) in [5, 5.41) is 2.92. The van der Waals surface area contributed by atoms with E-state index in [4.69, 9.17) is 4.98 Å². The topological polar surface area (TPSA) is 64.3 Å². The molecule has 0 aliphatic carbocycles. The number of likely N-dealkylation sites (tertiary alicyclic amines) is 1. The molecule has 28 heavy (non-hydrogen) atoms. The van der Waals surface area contributed by atoms with Crippen molar-refractivity contribution in [3.8, 4) is 0 Å². The Morgan fingerprint density at radius 3 is 2.61 bits per heavy atom. The summed E-state index contributed by atoms with van der Waals surface area (Å²) in [6.45, 7) is 14.3. The number of amides is 2. The summed E-state index contributed by atoms with van der Waals surface area (Å²) in [6, 6.07) is 3.88. The number of H-pyrrole nitrogens is 1. The van der Waals surface area contributed by atoms with Gasteiger partial charge >= 0.3 is 6.03 Å². The van der Waals surface area contributed by atoms with Crippen molar-refractivity contribution in [2.45, 2.75) is 59.4 Å². The Kier molecular flexibility index (Phi) is 5.98. The molecule has 6 nitrogen and oxygen atoms in total. The molecule has 3 rings (SSSR count). The van der Waals surface area contributed by atoms with Crippen LogP contribution < -0.4 is 5.32 Å². The second-order valence-electron chi connectivity index (χ2n) is 9.58. The highest BCUT2D eigenvalue weighted by atomic mass is 16.2. The van der Waals surface area contributed by atoms with Gasteiger partial charge in [0, 0.05) is 25.8 Å². The first kappa shape index (κ1) is 20.6. The van der Waals surface area contributed by atoms with E-state index in [9.17, 15) is 4.79 Å². The van der Waals surface area contributed by atoms with Crippen LogP contribution in [0, 0.1) is 5.41 Å². The van der Waals surface area contributed by atoms with Crippen molar-refractivity contribution in [2.24, 2.45) is 5.41 Å². The van der Waals surface area contributed by atoms with Crippen LogP contribution in [0.5, 0.6) is 0 Å². The predicted octanol–water partition coefficient (Wildman–Crippen LogP) is 4.66. The van der Waals surface area contributed by atoms with Gasteiger partial charge in [0.25, 0.3) is 0 Å². The molecule has 0 saturated carbocycles. The number of urea groups is 1. The number of anilines is 1. The van der Waals surface area contributed by atoms with Gasteiger partial charge in [-0.3, -0.25) is 5.32 Å². The van der Waals surface area contributed by atoms with Crippen LogP contribution in [0.15, 0.2) is 18.3 Å². The molecule has 2 N–H and O–H groups in total. The second kappa shape index (κ2) is 8.11. The van der Waals surface area contributed by atoms with E-state index >= 15 is 0 Å². The van der Waals surface area contributed by atoms with Crippen LogP contribution in [0.3, 0.4) is 0 Å². The Hall–Kier alpha value is -2.08. The average molecular weight is 386 g/mol. The number of aromatic amines is 1. The summed E-state index contributed by atoms with van der Waals surface area (Å²) >= 11 is 0. The minimum atomic E-state index is -0.130. The minimum absolute atomic E-state index is 0.130. The SMILES string of the molecule is CC(C)N(C)C(=O)Nc1ccc2[nH]cc(C3CCN(CC(C)(C)C)CC3)c2n1. The fourth-order valence-electron chi connectivity index (χ4n) is 3.91. The molecule has 0 bridgehead atoms. The Morgan fingerprint density at radius 2 is 2.00 bits per heavy atom. The van der Waals surface area contributed by atoms with E-state index in [-0.39, 0.29) is 12.1 Å². The second-order valence-corrected chi connectivity index (χ2v) is 9.58. The molecule has 6 heteroatoms. The molecule has 2 aromatic heterocycles. The largest absolute Gasteiger partial charge is 0.360 e. The van der Waals surface area contributed by atoms with Gasteiger partial charge in [-0.15, -0.1) is 0 Å². The highest BCUT2D eigenvalue weighted by Gasteiger charge is 2.26. The minimum Gasteiger partial charge on any atom is -0.360 e. The number of aromatic nitrogens is 2. The first-order chi connectivity index (χ1) is 13.1. The molecule has 1 fully saturated rings. The number of nitrogens with zero attached hydrogens (tertiary/aromatic N) is 3. The van der Waals surface area contributed by atoms with E-state index in [0.717, 1.165) is 43.5 Å². The third-order valence-corrected chi connectivity index (χ3v) is 5.61. The number of rotatable bonds is 4. The monoisotopic (exact) mass is 385 g/mol. The Bertz CT molecular complexity index is 812. The van der Waals surface area contributed by atoms with Crippen LogP contribution in [0.2, 0.25) is 0 Å². The molecule has 0 aromatic carbocycles. The van der Waals surface area contributed by atoms with E-state index in [2.05, 4.69) is 42.2 Å². The van der Waals surface area contributed by atoms with Crippen LogP contribution in [-0.2, 0) is 0 Å². The Labute approximate surface area is 168 Å². The van der Waals surface area contributed by atoms with Crippen LogP contribution in [0.4, 0.5) is 10.6 Å². The van der Waals surface area contributed by atoms with Gasteiger partial charge in [0.2, 0.25) is 0 Å². The summed E-state index contributed by atoms with van der Waals surface area (Å²) in [7, 11) is 1.80. The van der Waals surface area contributed by atoms with Gasteiger partial charge in [-0.25, -0.2) is 9.78 Å². The van der Waals surface area contributed by atoms with E-state index in [1.165, 1.54) is 5.56 Å². The van der Waals surface area contributed by atoms with E-state index in [1.807, 2.05) is 26.0 Å². The van der Waals surface area contributed by atoms with Crippen LogP contribution in [-0.4, -0.2) is 58.5 Å². The predicted molar refractivity (Wildman–Crippen MR) is 116 cm³/mol. The van der Waals surface area contributed by atoms with Crippen molar-refractivity contribution in [3.63, 3.8) is 0 Å². The lowest BCUT2D eigenvalue weighted by Crippen LogP contribution is -2.38. The number of carbonyl (C=O) groups is 1. The molecule has 2 amide bonds. The summed E-state index contributed by atoms with van der Waals surface area (Å²) in [4.78, 5) is 24.7. The van der Waals surface area contributed by atoms with Gasteiger partial charge in [-0.2, -0.15) is 0 Å². The van der Waals surface area contributed by atoms with Crippen molar-refractivity contribution < 1.29 is 4.79 Å². The molecule has 0 spiro atoms. The fraction of sp³-hybridized carbons (Fsp3) is 0.636. The average Bonchev–Trinajstić information content (AvgIpc) is 3.03. The van der Waals surface area contributed by atoms with Crippen LogP contribution >= 0.6 is 0 Å². The molecule has 1 aliphatic heterocycles. The van der Waals surface area contributed by atoms with Gasteiger partial charge in [-0.1, -0.05) is 20.8 Å². The van der Waals surface area contributed by atoms with Crippen molar-refractivity contribution in [1.82, 2.24) is 19.8 Å². The molecule has 1 saturated heterocycles. The molecular weight excluding hydrogens is 350 g/mol. The zero-order valence-corrected chi connectivity index (χ0v) is 18.2. The molecule has 2 aromatic rings. The van der Waals surface area contributed by atoms with Gasteiger partial charge in [0.05, 0.1) is 11.0 Å². The lowest BCUT2D eigenvalue weighted by Gasteiger charge is -2.35. The zero-order valence-electron chi connectivity index (χ0n) is 18.2. The molecule has 3 heterocycles. The van der Waals surface area contributed by atoms with Crippen molar-refractivity contribution in [3.05, 3.63) is 23.9 Å². The third kappa shape index (κ3) is 4.85. The molecule has 0 atom stereocenters. The maximum absolute atomic E-state index is 12.3. The summed E-state index contributed by atoms with van der Waals surface area (Å²) in [6.07, 6.45) is 4.41. The number of hydrogen-bond acceptors (Lipinski definition) is 3. The van der Waals surface area contributed by atoms with Crippen molar-refractivity contribution in [1.29, 1.82) is 0 Å². The number of hydrogen-bond donors (Lipinski definition) is 2. The van der Waals surface area contributed by atoms with E-state index in [1.54, 1.807) is 11.9 Å². The van der Waals surface area contributed by atoms with Gasteiger partial charge in [-0.05, 0) is 68.8 Å². The smallest absolute Gasteiger partial charge is 0.322 e. The maximum Gasteiger partial charge on any atom is 0.322 e. The molecular formula is C22H35N5O. The highest BCUT2D eigenvalue weighted by molar-refractivity contribution is 5.90. The summed E-state index contributed by atoms with van der Waals surface area (Å²) in [5.74, 6) is 1.12. The molecule has 1 aliphatic rings. The number of nitrogens with one attached hydrogen (secondary N) is 2. The van der Waals surface area contributed by atoms with Crippen LogP contribution in [0.25, 0.3) is 11.0 Å². The normalized spacial score (nSPS) is 16.7. The standard InChI is InChI=1S/C22H35N5O/c1-15(2)26(6)21(28)25-19-8-7-18-20(24-19)17(13-23-18)16-9-11-27(12-10-16)14-22(3,4)5/h7-8,13,15-16,23H,9-12,14H2,1-6H3,(H,24,25,28).